The maximum atomic E-state index is 11.6. The Bertz CT molecular complexity index is 545. The van der Waals surface area contributed by atoms with E-state index in [9.17, 15) is 4.79 Å². The van der Waals surface area contributed by atoms with Crippen LogP contribution in [0.1, 0.15) is 23.0 Å². The minimum atomic E-state index is -0.340. The van der Waals surface area contributed by atoms with Crippen LogP contribution in [0.3, 0.4) is 0 Å². The molecule has 1 aromatic heterocycles. The molecule has 0 aliphatic carbocycles. The smallest absolute Gasteiger partial charge is 0.355 e. The van der Waals surface area contributed by atoms with Crippen LogP contribution in [-0.2, 0) is 4.74 Å². The van der Waals surface area contributed by atoms with Crippen LogP contribution >= 0.6 is 11.6 Å². The maximum absolute atomic E-state index is 11.6. The topological polar surface area (TPSA) is 42.1 Å². The molecule has 16 heavy (non-hydrogen) atoms. The number of rotatable bonds is 2. The third-order valence-electron chi connectivity index (χ3n) is 2.50. The van der Waals surface area contributed by atoms with Crippen molar-refractivity contribution in [2.24, 2.45) is 0 Å². The number of aryl methyl sites for hydroxylation is 1. The molecule has 2 rings (SSSR count). The molecule has 0 saturated heterocycles. The molecule has 2 aromatic rings. The molecule has 1 N–H and O–H groups in total. The van der Waals surface area contributed by atoms with E-state index < -0.39 is 0 Å². The number of carbonyl (C=O) groups excluding carboxylic acids is 1. The second kappa shape index (κ2) is 4.18. The van der Waals surface area contributed by atoms with Gasteiger partial charge in [-0.05, 0) is 31.5 Å². The van der Waals surface area contributed by atoms with Gasteiger partial charge >= 0.3 is 5.97 Å². The zero-order chi connectivity index (χ0) is 11.7. The number of esters is 1. The van der Waals surface area contributed by atoms with E-state index in [2.05, 4.69) is 4.98 Å². The number of H-pyrrole nitrogens is 1. The van der Waals surface area contributed by atoms with Gasteiger partial charge in [0.15, 0.2) is 0 Å². The molecule has 1 heterocycles. The van der Waals surface area contributed by atoms with Gasteiger partial charge in [0.05, 0.1) is 11.6 Å². The zero-order valence-electron chi connectivity index (χ0n) is 9.13. The van der Waals surface area contributed by atoms with Crippen molar-refractivity contribution in [2.45, 2.75) is 13.8 Å². The fraction of sp³-hybridized carbons (Fsp3) is 0.250. The number of nitrogens with one attached hydrogen (secondary N) is 1. The van der Waals surface area contributed by atoms with Crippen LogP contribution in [0.4, 0.5) is 0 Å². The summed E-state index contributed by atoms with van der Waals surface area (Å²) in [6.45, 7) is 4.00. The summed E-state index contributed by atoms with van der Waals surface area (Å²) in [5.41, 5.74) is 2.16. The first-order valence-electron chi connectivity index (χ1n) is 5.09. The van der Waals surface area contributed by atoms with Gasteiger partial charge in [0.1, 0.15) is 5.69 Å². The normalized spacial score (nSPS) is 10.7. The van der Waals surface area contributed by atoms with Gasteiger partial charge in [0.2, 0.25) is 0 Å². The highest BCUT2D eigenvalue weighted by Crippen LogP contribution is 2.28. The number of benzene rings is 1. The first-order valence-corrected chi connectivity index (χ1v) is 5.46. The molecule has 0 radical (unpaired) electrons. The lowest BCUT2D eigenvalue weighted by atomic mass is 10.1. The van der Waals surface area contributed by atoms with Gasteiger partial charge < -0.3 is 9.72 Å². The standard InChI is InChI=1S/C12H12ClNO2/c1-3-16-12(15)11-7(2)10-8(13)5-4-6-9(10)14-11/h4-6,14H,3H2,1-2H3. The Labute approximate surface area is 98.4 Å². The summed E-state index contributed by atoms with van der Waals surface area (Å²) in [4.78, 5) is 14.7. The Morgan fingerprint density at radius 3 is 2.88 bits per heavy atom. The first kappa shape index (κ1) is 11.0. The minimum absolute atomic E-state index is 0.340. The molecule has 0 spiro atoms. The maximum Gasteiger partial charge on any atom is 0.355 e. The summed E-state index contributed by atoms with van der Waals surface area (Å²) < 4.78 is 4.96. The van der Waals surface area contributed by atoms with E-state index in [1.807, 2.05) is 19.1 Å². The van der Waals surface area contributed by atoms with Crippen molar-refractivity contribution < 1.29 is 9.53 Å². The fourth-order valence-corrected chi connectivity index (χ4v) is 2.09. The average molecular weight is 238 g/mol. The molecule has 4 heteroatoms. The van der Waals surface area contributed by atoms with E-state index >= 15 is 0 Å². The van der Waals surface area contributed by atoms with Gasteiger partial charge in [0, 0.05) is 10.9 Å². The number of aromatic nitrogens is 1. The van der Waals surface area contributed by atoms with Crippen LogP contribution in [0.25, 0.3) is 10.9 Å². The fourth-order valence-electron chi connectivity index (χ4n) is 1.77. The van der Waals surface area contributed by atoms with Crippen molar-refractivity contribution in [1.29, 1.82) is 0 Å². The lowest BCUT2D eigenvalue weighted by Crippen LogP contribution is -2.06. The Hall–Kier alpha value is -1.48. The molecular weight excluding hydrogens is 226 g/mol. The Balaban J connectivity index is 2.61. The van der Waals surface area contributed by atoms with Gasteiger partial charge in [-0.1, -0.05) is 17.7 Å². The highest BCUT2D eigenvalue weighted by atomic mass is 35.5. The van der Waals surface area contributed by atoms with Gasteiger partial charge in [-0.2, -0.15) is 0 Å². The molecule has 0 atom stereocenters. The molecule has 0 fully saturated rings. The molecule has 1 aromatic carbocycles. The van der Waals surface area contributed by atoms with E-state index in [-0.39, 0.29) is 5.97 Å². The summed E-state index contributed by atoms with van der Waals surface area (Å²) in [7, 11) is 0. The predicted molar refractivity (Wildman–Crippen MR) is 64.0 cm³/mol. The van der Waals surface area contributed by atoms with Crippen LogP contribution in [0.2, 0.25) is 5.02 Å². The summed E-state index contributed by atoms with van der Waals surface area (Å²) in [5.74, 6) is -0.340. The SMILES string of the molecule is CCOC(=O)c1[nH]c2cccc(Cl)c2c1C. The zero-order valence-corrected chi connectivity index (χ0v) is 9.89. The van der Waals surface area contributed by atoms with Crippen LogP contribution in [0.5, 0.6) is 0 Å². The summed E-state index contributed by atoms with van der Waals surface area (Å²) >= 11 is 6.09. The quantitative estimate of drug-likeness (QED) is 0.815. The molecule has 0 bridgehead atoms. The molecular formula is C12H12ClNO2. The second-order valence-electron chi connectivity index (χ2n) is 3.51. The van der Waals surface area contributed by atoms with E-state index in [1.54, 1.807) is 13.0 Å². The molecule has 3 nitrogen and oxygen atoms in total. The number of ether oxygens (including phenoxy) is 1. The summed E-state index contributed by atoms with van der Waals surface area (Å²) in [5, 5.41) is 1.52. The Morgan fingerprint density at radius 1 is 1.50 bits per heavy atom. The molecule has 0 aliphatic heterocycles. The molecule has 0 amide bonds. The molecule has 0 saturated carbocycles. The van der Waals surface area contributed by atoms with Crippen LogP contribution < -0.4 is 0 Å². The van der Waals surface area contributed by atoms with Crippen molar-refractivity contribution in [2.75, 3.05) is 6.61 Å². The lowest BCUT2D eigenvalue weighted by molar-refractivity contribution is 0.0520. The van der Waals surface area contributed by atoms with Crippen molar-refractivity contribution in [3.8, 4) is 0 Å². The first-order chi connectivity index (χ1) is 7.65. The van der Waals surface area contributed by atoms with Crippen molar-refractivity contribution in [3.05, 3.63) is 34.5 Å². The molecule has 0 unspecified atom stereocenters. The monoisotopic (exact) mass is 237 g/mol. The predicted octanol–water partition coefficient (Wildman–Crippen LogP) is 3.31. The van der Waals surface area contributed by atoms with Crippen LogP contribution in [-0.4, -0.2) is 17.6 Å². The van der Waals surface area contributed by atoms with Gasteiger partial charge in [-0.25, -0.2) is 4.79 Å². The number of aromatic amines is 1. The van der Waals surface area contributed by atoms with Crippen molar-refractivity contribution in [1.82, 2.24) is 4.98 Å². The lowest BCUT2D eigenvalue weighted by Gasteiger charge is -1.99. The number of hydrogen-bond donors (Lipinski definition) is 1. The highest BCUT2D eigenvalue weighted by Gasteiger charge is 2.16. The van der Waals surface area contributed by atoms with Crippen LogP contribution in [0, 0.1) is 6.92 Å². The van der Waals surface area contributed by atoms with E-state index in [0.717, 1.165) is 16.5 Å². The third kappa shape index (κ3) is 1.67. The van der Waals surface area contributed by atoms with E-state index in [0.29, 0.717) is 17.3 Å². The highest BCUT2D eigenvalue weighted by molar-refractivity contribution is 6.36. The third-order valence-corrected chi connectivity index (χ3v) is 2.82. The molecule has 0 aliphatic rings. The van der Waals surface area contributed by atoms with E-state index in [4.69, 9.17) is 16.3 Å². The van der Waals surface area contributed by atoms with Crippen molar-refractivity contribution in [3.63, 3.8) is 0 Å². The second-order valence-corrected chi connectivity index (χ2v) is 3.92. The number of carbonyl (C=O) groups is 1. The Kier molecular flexibility index (Phi) is 2.88. The molecule has 84 valence electrons. The van der Waals surface area contributed by atoms with Crippen LogP contribution in [0.15, 0.2) is 18.2 Å². The van der Waals surface area contributed by atoms with Crippen molar-refractivity contribution >= 4 is 28.5 Å². The summed E-state index contributed by atoms with van der Waals surface area (Å²) in [6, 6.07) is 5.53. The van der Waals surface area contributed by atoms with Gasteiger partial charge in [-0.3, -0.25) is 0 Å². The average Bonchev–Trinajstić information content (AvgIpc) is 2.58. The minimum Gasteiger partial charge on any atom is -0.461 e. The van der Waals surface area contributed by atoms with E-state index in [1.165, 1.54) is 0 Å². The van der Waals surface area contributed by atoms with Gasteiger partial charge in [0.25, 0.3) is 0 Å². The number of halogens is 1. The number of hydrogen-bond acceptors (Lipinski definition) is 2. The van der Waals surface area contributed by atoms with Gasteiger partial charge in [-0.15, -0.1) is 0 Å². The Morgan fingerprint density at radius 2 is 2.25 bits per heavy atom. The summed E-state index contributed by atoms with van der Waals surface area (Å²) in [6.07, 6.45) is 0. The largest absolute Gasteiger partial charge is 0.461 e. The number of fused-ring (bicyclic) bond motifs is 1.